The molecule has 26 heavy (non-hydrogen) atoms. The zero-order chi connectivity index (χ0) is 18.1. The number of hydrogen-bond donors (Lipinski definition) is 0. The first-order valence-electron chi connectivity index (χ1n) is 9.11. The second-order valence-electron chi connectivity index (χ2n) is 7.00. The van der Waals surface area contributed by atoms with Crippen LogP contribution in [0.25, 0.3) is 11.0 Å². The van der Waals surface area contributed by atoms with Crippen molar-refractivity contribution in [2.75, 3.05) is 0 Å². The van der Waals surface area contributed by atoms with E-state index in [4.69, 9.17) is 8.83 Å². The maximum absolute atomic E-state index is 12.0. The maximum atomic E-state index is 12.0. The van der Waals surface area contributed by atoms with Gasteiger partial charge in [0.1, 0.15) is 5.58 Å². The molecule has 3 aromatic rings. The number of aromatic nitrogens is 2. The topological polar surface area (TPSA) is 69.1 Å². The fourth-order valence-electron chi connectivity index (χ4n) is 3.58. The first-order chi connectivity index (χ1) is 12.6. The average Bonchev–Trinajstić information content (AvgIpc) is 3.13. The molecule has 0 bridgehead atoms. The van der Waals surface area contributed by atoms with Gasteiger partial charge < -0.3 is 8.83 Å². The number of rotatable bonds is 4. The van der Waals surface area contributed by atoms with Crippen LogP contribution in [0.4, 0.5) is 0 Å². The van der Waals surface area contributed by atoms with Gasteiger partial charge in [0.25, 0.3) is 5.22 Å². The lowest BCUT2D eigenvalue weighted by Crippen LogP contribution is -2.04. The predicted octanol–water partition coefficient (Wildman–Crippen LogP) is 5.13. The number of hydrogen-bond acceptors (Lipinski definition) is 6. The standard InChI is InChI=1S/C20H22N2O3S/c1-12-8-9-16-15(10-17(23)24-18(16)13(12)2)11-26-20-22-21-19(25-20)14-6-4-3-5-7-14/h8-10,14H,3-7,11H2,1-2H3. The fourth-order valence-corrected chi connectivity index (χ4v) is 4.34. The molecule has 0 aliphatic heterocycles. The van der Waals surface area contributed by atoms with Crippen LogP contribution in [0.1, 0.15) is 60.6 Å². The highest BCUT2D eigenvalue weighted by molar-refractivity contribution is 7.98. The zero-order valence-electron chi connectivity index (χ0n) is 15.1. The molecule has 5 nitrogen and oxygen atoms in total. The van der Waals surface area contributed by atoms with Gasteiger partial charge in [-0.2, -0.15) is 0 Å². The van der Waals surface area contributed by atoms with Gasteiger partial charge >= 0.3 is 5.63 Å². The third kappa shape index (κ3) is 3.43. The Morgan fingerprint density at radius 2 is 1.92 bits per heavy atom. The van der Waals surface area contributed by atoms with E-state index in [9.17, 15) is 4.79 Å². The second kappa shape index (κ2) is 7.27. The second-order valence-corrected chi connectivity index (χ2v) is 7.93. The summed E-state index contributed by atoms with van der Waals surface area (Å²) in [5.41, 5.74) is 3.39. The highest BCUT2D eigenvalue weighted by atomic mass is 32.2. The van der Waals surface area contributed by atoms with Gasteiger partial charge in [-0.15, -0.1) is 10.2 Å². The molecule has 1 saturated carbocycles. The van der Waals surface area contributed by atoms with Crippen LogP contribution in [0.5, 0.6) is 0 Å². The van der Waals surface area contributed by atoms with Crippen molar-refractivity contribution >= 4 is 22.7 Å². The summed E-state index contributed by atoms with van der Waals surface area (Å²) in [5.74, 6) is 1.76. The van der Waals surface area contributed by atoms with Gasteiger partial charge in [0.15, 0.2) is 0 Å². The Labute approximate surface area is 156 Å². The minimum atomic E-state index is -0.324. The monoisotopic (exact) mass is 370 g/mol. The molecule has 2 heterocycles. The van der Waals surface area contributed by atoms with Crippen LogP contribution in [0, 0.1) is 13.8 Å². The van der Waals surface area contributed by atoms with Crippen LogP contribution in [0.15, 0.2) is 37.1 Å². The lowest BCUT2D eigenvalue weighted by molar-refractivity contribution is 0.334. The SMILES string of the molecule is Cc1ccc2c(CSc3nnc(C4CCCCC4)o3)cc(=O)oc2c1C. The molecule has 1 aliphatic carbocycles. The summed E-state index contributed by atoms with van der Waals surface area (Å²) in [6.45, 7) is 3.99. The molecule has 0 atom stereocenters. The molecule has 1 aromatic carbocycles. The van der Waals surface area contributed by atoms with E-state index < -0.39 is 0 Å². The Hall–Kier alpha value is -2.08. The van der Waals surface area contributed by atoms with Crippen LogP contribution in [0.2, 0.25) is 0 Å². The van der Waals surface area contributed by atoms with Gasteiger partial charge in [-0.3, -0.25) is 0 Å². The van der Waals surface area contributed by atoms with Crippen molar-refractivity contribution in [1.82, 2.24) is 10.2 Å². The largest absolute Gasteiger partial charge is 0.422 e. The van der Waals surface area contributed by atoms with E-state index in [-0.39, 0.29) is 5.63 Å². The van der Waals surface area contributed by atoms with Gasteiger partial charge in [0, 0.05) is 23.1 Å². The number of aryl methyl sites for hydroxylation is 2. The van der Waals surface area contributed by atoms with E-state index in [1.54, 1.807) is 6.07 Å². The molecule has 4 rings (SSSR count). The van der Waals surface area contributed by atoms with Crippen molar-refractivity contribution in [1.29, 1.82) is 0 Å². The normalized spacial score (nSPS) is 15.6. The molecular weight excluding hydrogens is 348 g/mol. The van der Waals surface area contributed by atoms with Gasteiger partial charge in [-0.1, -0.05) is 43.2 Å². The van der Waals surface area contributed by atoms with Crippen molar-refractivity contribution < 1.29 is 8.83 Å². The lowest BCUT2D eigenvalue weighted by Gasteiger charge is -2.17. The molecule has 0 spiro atoms. The average molecular weight is 370 g/mol. The summed E-state index contributed by atoms with van der Waals surface area (Å²) in [4.78, 5) is 12.0. The Morgan fingerprint density at radius 1 is 1.12 bits per heavy atom. The quantitative estimate of drug-likeness (QED) is 0.468. The van der Waals surface area contributed by atoms with Crippen molar-refractivity contribution in [2.45, 2.75) is 62.8 Å². The number of benzene rings is 1. The van der Waals surface area contributed by atoms with Gasteiger partial charge in [0.05, 0.1) is 0 Å². The number of nitrogens with zero attached hydrogens (tertiary/aromatic N) is 2. The van der Waals surface area contributed by atoms with Crippen LogP contribution in [0.3, 0.4) is 0 Å². The van der Waals surface area contributed by atoms with E-state index in [1.165, 1.54) is 31.0 Å². The Morgan fingerprint density at radius 3 is 2.73 bits per heavy atom. The summed E-state index contributed by atoms with van der Waals surface area (Å²) in [5, 5.41) is 9.96. The minimum Gasteiger partial charge on any atom is -0.422 e. The molecule has 0 saturated heterocycles. The molecule has 1 aliphatic rings. The Balaban J connectivity index is 1.56. The molecule has 0 N–H and O–H groups in total. The molecule has 136 valence electrons. The van der Waals surface area contributed by atoms with E-state index in [0.717, 1.165) is 40.8 Å². The highest BCUT2D eigenvalue weighted by Gasteiger charge is 2.21. The van der Waals surface area contributed by atoms with E-state index >= 15 is 0 Å². The molecule has 0 unspecified atom stereocenters. The zero-order valence-corrected chi connectivity index (χ0v) is 15.9. The van der Waals surface area contributed by atoms with Gasteiger partial charge in [-0.05, 0) is 43.4 Å². The molecule has 0 radical (unpaired) electrons. The first kappa shape index (κ1) is 17.3. The summed E-state index contributed by atoms with van der Waals surface area (Å²) in [6.07, 6.45) is 6.04. The van der Waals surface area contributed by atoms with E-state index in [0.29, 0.717) is 22.5 Å². The fraction of sp³-hybridized carbons (Fsp3) is 0.450. The maximum Gasteiger partial charge on any atom is 0.336 e. The van der Waals surface area contributed by atoms with E-state index in [2.05, 4.69) is 16.3 Å². The van der Waals surface area contributed by atoms with Gasteiger partial charge in [-0.25, -0.2) is 4.79 Å². The lowest BCUT2D eigenvalue weighted by atomic mass is 9.89. The van der Waals surface area contributed by atoms with E-state index in [1.807, 2.05) is 19.9 Å². The third-order valence-corrected chi connectivity index (χ3v) is 6.11. The molecule has 6 heteroatoms. The first-order valence-corrected chi connectivity index (χ1v) is 10.1. The summed E-state index contributed by atoms with van der Waals surface area (Å²) >= 11 is 1.47. The summed E-state index contributed by atoms with van der Waals surface area (Å²) in [6, 6.07) is 5.63. The molecule has 0 amide bonds. The Kier molecular flexibility index (Phi) is 4.85. The summed E-state index contributed by atoms with van der Waals surface area (Å²) in [7, 11) is 0. The number of fused-ring (bicyclic) bond motifs is 1. The molecule has 2 aromatic heterocycles. The van der Waals surface area contributed by atoms with Crippen LogP contribution < -0.4 is 5.63 Å². The molecular formula is C20H22N2O3S. The van der Waals surface area contributed by atoms with Crippen molar-refractivity contribution in [3.8, 4) is 0 Å². The highest BCUT2D eigenvalue weighted by Crippen LogP contribution is 2.34. The van der Waals surface area contributed by atoms with Crippen LogP contribution >= 0.6 is 11.8 Å². The van der Waals surface area contributed by atoms with Crippen LogP contribution in [-0.2, 0) is 5.75 Å². The Bertz CT molecular complexity index is 986. The van der Waals surface area contributed by atoms with Crippen molar-refractivity contribution in [3.63, 3.8) is 0 Å². The van der Waals surface area contributed by atoms with Crippen molar-refractivity contribution in [2.24, 2.45) is 0 Å². The predicted molar refractivity (Wildman–Crippen MR) is 102 cm³/mol. The van der Waals surface area contributed by atoms with Crippen LogP contribution in [-0.4, -0.2) is 10.2 Å². The summed E-state index contributed by atoms with van der Waals surface area (Å²) < 4.78 is 11.3. The van der Waals surface area contributed by atoms with Gasteiger partial charge in [0.2, 0.25) is 5.89 Å². The minimum absolute atomic E-state index is 0.324. The smallest absolute Gasteiger partial charge is 0.336 e. The van der Waals surface area contributed by atoms with Crippen molar-refractivity contribution in [3.05, 3.63) is 51.2 Å². The third-order valence-electron chi connectivity index (χ3n) is 5.25. The molecule has 1 fully saturated rings. The number of thioether (sulfide) groups is 1.